The van der Waals surface area contributed by atoms with Crippen LogP contribution in [0.25, 0.3) is 0 Å². The van der Waals surface area contributed by atoms with Crippen LogP contribution in [-0.2, 0) is 19.5 Å². The van der Waals surface area contributed by atoms with E-state index in [1.807, 2.05) is 12.1 Å². The minimum atomic E-state index is 0.802. The van der Waals surface area contributed by atoms with E-state index >= 15 is 0 Å². The Balaban J connectivity index is 2.21. The SMILES string of the molecule is CCc1cc(CN(CC)c2ccc(N)cc2)n(CC)n1. The summed E-state index contributed by atoms with van der Waals surface area (Å²) in [4.78, 5) is 2.34. The molecule has 0 radical (unpaired) electrons. The summed E-state index contributed by atoms with van der Waals surface area (Å²) in [6, 6.07) is 10.3. The molecule has 0 saturated heterocycles. The van der Waals surface area contributed by atoms with Crippen molar-refractivity contribution in [2.45, 2.75) is 40.3 Å². The Hall–Kier alpha value is -1.97. The van der Waals surface area contributed by atoms with Crippen LogP contribution in [0.15, 0.2) is 30.3 Å². The second-order valence-corrected chi connectivity index (χ2v) is 4.90. The molecule has 0 aliphatic rings. The predicted molar refractivity (Wildman–Crippen MR) is 84.9 cm³/mol. The average molecular weight is 272 g/mol. The van der Waals surface area contributed by atoms with Gasteiger partial charge in [0.1, 0.15) is 0 Å². The maximum atomic E-state index is 5.76. The molecule has 4 nitrogen and oxygen atoms in total. The van der Waals surface area contributed by atoms with Gasteiger partial charge in [-0.25, -0.2) is 0 Å². The summed E-state index contributed by atoms with van der Waals surface area (Å²) in [6.45, 7) is 9.19. The van der Waals surface area contributed by atoms with E-state index in [-0.39, 0.29) is 0 Å². The summed E-state index contributed by atoms with van der Waals surface area (Å²) in [7, 11) is 0. The third kappa shape index (κ3) is 3.13. The van der Waals surface area contributed by atoms with Crippen molar-refractivity contribution in [3.05, 3.63) is 41.7 Å². The lowest BCUT2D eigenvalue weighted by Crippen LogP contribution is -2.23. The highest BCUT2D eigenvalue weighted by atomic mass is 15.3. The highest BCUT2D eigenvalue weighted by molar-refractivity contribution is 5.53. The van der Waals surface area contributed by atoms with Crippen molar-refractivity contribution in [1.82, 2.24) is 9.78 Å². The summed E-state index contributed by atoms with van der Waals surface area (Å²) in [5.41, 5.74) is 10.2. The molecule has 0 spiro atoms. The monoisotopic (exact) mass is 272 g/mol. The minimum Gasteiger partial charge on any atom is -0.399 e. The van der Waals surface area contributed by atoms with Gasteiger partial charge in [0.05, 0.1) is 17.9 Å². The molecular weight excluding hydrogens is 248 g/mol. The van der Waals surface area contributed by atoms with E-state index < -0.39 is 0 Å². The number of aromatic nitrogens is 2. The predicted octanol–water partition coefficient (Wildman–Crippen LogP) is 3.07. The molecule has 1 aromatic heterocycles. The summed E-state index contributed by atoms with van der Waals surface area (Å²) in [5, 5.41) is 4.61. The Bertz CT molecular complexity index is 542. The lowest BCUT2D eigenvalue weighted by atomic mass is 10.2. The second kappa shape index (κ2) is 6.46. The Labute approximate surface area is 121 Å². The van der Waals surface area contributed by atoms with Gasteiger partial charge in [-0.2, -0.15) is 5.10 Å². The first-order chi connectivity index (χ1) is 9.67. The van der Waals surface area contributed by atoms with Gasteiger partial charge in [0.2, 0.25) is 0 Å². The van der Waals surface area contributed by atoms with E-state index in [0.717, 1.165) is 37.4 Å². The first kappa shape index (κ1) is 14.4. The van der Waals surface area contributed by atoms with Crippen molar-refractivity contribution in [3.63, 3.8) is 0 Å². The van der Waals surface area contributed by atoms with Crippen molar-refractivity contribution >= 4 is 11.4 Å². The van der Waals surface area contributed by atoms with E-state index in [1.165, 1.54) is 11.4 Å². The molecule has 1 heterocycles. The number of rotatable bonds is 6. The molecule has 0 aliphatic carbocycles. The molecule has 2 aromatic rings. The number of aryl methyl sites for hydroxylation is 2. The third-order valence-electron chi connectivity index (χ3n) is 3.57. The second-order valence-electron chi connectivity index (χ2n) is 4.90. The van der Waals surface area contributed by atoms with Crippen LogP contribution in [0.4, 0.5) is 11.4 Å². The van der Waals surface area contributed by atoms with Gasteiger partial charge >= 0.3 is 0 Å². The molecular formula is C16H24N4. The molecule has 0 bridgehead atoms. The average Bonchev–Trinajstić information content (AvgIpc) is 2.88. The molecule has 0 unspecified atom stereocenters. The maximum absolute atomic E-state index is 5.76. The van der Waals surface area contributed by atoms with Gasteiger partial charge in [-0.15, -0.1) is 0 Å². The zero-order valence-electron chi connectivity index (χ0n) is 12.6. The molecule has 2 N–H and O–H groups in total. The molecule has 0 fully saturated rings. The third-order valence-corrected chi connectivity index (χ3v) is 3.57. The first-order valence-electron chi connectivity index (χ1n) is 7.34. The van der Waals surface area contributed by atoms with E-state index in [2.05, 4.69) is 53.7 Å². The smallest absolute Gasteiger partial charge is 0.0625 e. The standard InChI is InChI=1S/C16H24N4/c1-4-14-11-16(20(6-3)18-14)12-19(5-2)15-9-7-13(17)8-10-15/h7-11H,4-6,12,17H2,1-3H3. The van der Waals surface area contributed by atoms with Gasteiger partial charge in [-0.05, 0) is 50.6 Å². The summed E-state index contributed by atoms with van der Waals surface area (Å²) >= 11 is 0. The first-order valence-corrected chi connectivity index (χ1v) is 7.34. The van der Waals surface area contributed by atoms with Crippen LogP contribution >= 0.6 is 0 Å². The van der Waals surface area contributed by atoms with E-state index in [1.54, 1.807) is 0 Å². The summed E-state index contributed by atoms with van der Waals surface area (Å²) in [6.07, 6.45) is 0.980. The summed E-state index contributed by atoms with van der Waals surface area (Å²) < 4.78 is 2.10. The zero-order chi connectivity index (χ0) is 14.5. The van der Waals surface area contributed by atoms with E-state index in [0.29, 0.717) is 0 Å². The molecule has 0 amide bonds. The van der Waals surface area contributed by atoms with Gasteiger partial charge in [-0.3, -0.25) is 4.68 Å². The van der Waals surface area contributed by atoms with Gasteiger partial charge in [0.25, 0.3) is 0 Å². The van der Waals surface area contributed by atoms with Crippen LogP contribution in [0.5, 0.6) is 0 Å². The molecule has 2 rings (SSSR count). The van der Waals surface area contributed by atoms with Crippen LogP contribution < -0.4 is 10.6 Å². The number of nitrogens with zero attached hydrogens (tertiary/aromatic N) is 3. The molecule has 4 heteroatoms. The van der Waals surface area contributed by atoms with Gasteiger partial charge in [0.15, 0.2) is 0 Å². The van der Waals surface area contributed by atoms with Crippen molar-refractivity contribution in [2.24, 2.45) is 0 Å². The lowest BCUT2D eigenvalue weighted by Gasteiger charge is -2.23. The maximum Gasteiger partial charge on any atom is 0.0625 e. The van der Waals surface area contributed by atoms with Crippen LogP contribution in [0.2, 0.25) is 0 Å². The fourth-order valence-corrected chi connectivity index (χ4v) is 2.36. The number of benzene rings is 1. The quantitative estimate of drug-likeness (QED) is 0.822. The minimum absolute atomic E-state index is 0.802. The Morgan fingerprint density at radius 3 is 2.40 bits per heavy atom. The number of hydrogen-bond donors (Lipinski definition) is 1. The van der Waals surface area contributed by atoms with E-state index in [9.17, 15) is 0 Å². The molecule has 0 atom stereocenters. The topological polar surface area (TPSA) is 47.1 Å². The van der Waals surface area contributed by atoms with Crippen LogP contribution in [0.3, 0.4) is 0 Å². The zero-order valence-corrected chi connectivity index (χ0v) is 12.6. The highest BCUT2D eigenvalue weighted by Gasteiger charge is 2.10. The van der Waals surface area contributed by atoms with Crippen LogP contribution in [0, 0.1) is 0 Å². The Morgan fingerprint density at radius 1 is 1.15 bits per heavy atom. The molecule has 0 saturated carbocycles. The van der Waals surface area contributed by atoms with Crippen LogP contribution in [0.1, 0.15) is 32.2 Å². The van der Waals surface area contributed by atoms with Crippen molar-refractivity contribution < 1.29 is 0 Å². The van der Waals surface area contributed by atoms with Crippen molar-refractivity contribution in [1.29, 1.82) is 0 Å². The fraction of sp³-hybridized carbons (Fsp3) is 0.438. The molecule has 0 aliphatic heterocycles. The fourth-order valence-electron chi connectivity index (χ4n) is 2.36. The molecule has 20 heavy (non-hydrogen) atoms. The van der Waals surface area contributed by atoms with E-state index in [4.69, 9.17) is 5.73 Å². The molecule has 108 valence electrons. The van der Waals surface area contributed by atoms with Gasteiger partial charge in [-0.1, -0.05) is 6.92 Å². The van der Waals surface area contributed by atoms with Crippen molar-refractivity contribution in [2.75, 3.05) is 17.2 Å². The number of nitrogens with two attached hydrogens (primary N) is 1. The number of anilines is 2. The number of hydrogen-bond acceptors (Lipinski definition) is 3. The highest BCUT2D eigenvalue weighted by Crippen LogP contribution is 2.19. The van der Waals surface area contributed by atoms with Gasteiger partial charge < -0.3 is 10.6 Å². The van der Waals surface area contributed by atoms with Gasteiger partial charge in [0, 0.05) is 24.5 Å². The normalized spacial score (nSPS) is 10.8. The van der Waals surface area contributed by atoms with Crippen LogP contribution in [-0.4, -0.2) is 16.3 Å². The van der Waals surface area contributed by atoms with Crippen molar-refractivity contribution in [3.8, 4) is 0 Å². The molecule has 1 aromatic carbocycles. The summed E-state index contributed by atoms with van der Waals surface area (Å²) in [5.74, 6) is 0. The Morgan fingerprint density at radius 2 is 1.85 bits per heavy atom. The number of nitrogen functional groups attached to an aromatic ring is 1. The lowest BCUT2D eigenvalue weighted by molar-refractivity contribution is 0.605. The Kier molecular flexibility index (Phi) is 4.66. The largest absolute Gasteiger partial charge is 0.399 e.